The van der Waals surface area contributed by atoms with Gasteiger partial charge in [0.1, 0.15) is 0 Å². The Hall–Kier alpha value is -1.60. The fraction of sp³-hybridized carbons (Fsp3) is 0.400. The Balaban J connectivity index is 1.64. The van der Waals surface area contributed by atoms with Gasteiger partial charge in [-0.3, -0.25) is 0 Å². The largest absolute Gasteiger partial charge is 0.316 e. The standard InChI is InChI=1S/C20H25N/c1-2-14-21-15-19-12-13-20(19)18-10-8-17(9-11-18)16-6-4-3-5-7-16/h3-11,19-21H,2,12-15H2,1H3. The Bertz CT molecular complexity index is 544. The average Bonchev–Trinajstić information content (AvgIpc) is 2.52. The van der Waals surface area contributed by atoms with E-state index in [0.717, 1.165) is 18.4 Å². The molecule has 1 heteroatoms. The fourth-order valence-electron chi connectivity index (χ4n) is 3.27. The highest BCUT2D eigenvalue weighted by molar-refractivity contribution is 5.63. The van der Waals surface area contributed by atoms with Gasteiger partial charge in [0, 0.05) is 0 Å². The van der Waals surface area contributed by atoms with Gasteiger partial charge in [0.25, 0.3) is 0 Å². The van der Waals surface area contributed by atoms with Crippen molar-refractivity contribution < 1.29 is 0 Å². The fourth-order valence-corrected chi connectivity index (χ4v) is 3.27. The first-order valence-electron chi connectivity index (χ1n) is 8.24. The van der Waals surface area contributed by atoms with Crippen LogP contribution >= 0.6 is 0 Å². The van der Waals surface area contributed by atoms with Crippen LogP contribution in [0.25, 0.3) is 11.1 Å². The Kier molecular flexibility index (Phi) is 4.72. The summed E-state index contributed by atoms with van der Waals surface area (Å²) in [7, 11) is 0. The summed E-state index contributed by atoms with van der Waals surface area (Å²) in [6, 6.07) is 19.8. The molecule has 0 bridgehead atoms. The quantitative estimate of drug-likeness (QED) is 0.746. The van der Waals surface area contributed by atoms with Gasteiger partial charge in [-0.1, -0.05) is 61.5 Å². The molecule has 0 spiro atoms. The van der Waals surface area contributed by atoms with E-state index in [2.05, 4.69) is 66.8 Å². The molecule has 0 aromatic heterocycles. The molecule has 2 aromatic rings. The second-order valence-electron chi connectivity index (χ2n) is 6.14. The van der Waals surface area contributed by atoms with Crippen molar-refractivity contribution in [2.24, 2.45) is 5.92 Å². The SMILES string of the molecule is CCCNCC1CCC1c1ccc(-c2ccccc2)cc1. The number of rotatable bonds is 6. The summed E-state index contributed by atoms with van der Waals surface area (Å²) in [5, 5.41) is 3.57. The molecule has 0 radical (unpaired) electrons. The second-order valence-corrected chi connectivity index (χ2v) is 6.14. The van der Waals surface area contributed by atoms with E-state index in [1.165, 1.54) is 42.5 Å². The molecule has 1 aliphatic carbocycles. The highest BCUT2D eigenvalue weighted by Gasteiger charge is 2.31. The van der Waals surface area contributed by atoms with E-state index in [0.29, 0.717) is 0 Å². The highest BCUT2D eigenvalue weighted by Crippen LogP contribution is 2.42. The monoisotopic (exact) mass is 279 g/mol. The van der Waals surface area contributed by atoms with Crippen LogP contribution in [-0.2, 0) is 0 Å². The lowest BCUT2D eigenvalue weighted by Gasteiger charge is -2.37. The van der Waals surface area contributed by atoms with Crippen molar-refractivity contribution >= 4 is 0 Å². The van der Waals surface area contributed by atoms with Crippen molar-refractivity contribution in [3.8, 4) is 11.1 Å². The van der Waals surface area contributed by atoms with Gasteiger partial charge >= 0.3 is 0 Å². The third-order valence-electron chi connectivity index (χ3n) is 4.70. The van der Waals surface area contributed by atoms with E-state index in [4.69, 9.17) is 0 Å². The molecule has 21 heavy (non-hydrogen) atoms. The van der Waals surface area contributed by atoms with Gasteiger partial charge in [0.05, 0.1) is 0 Å². The van der Waals surface area contributed by atoms with Crippen LogP contribution in [0.5, 0.6) is 0 Å². The second kappa shape index (κ2) is 6.91. The van der Waals surface area contributed by atoms with Crippen LogP contribution in [0.3, 0.4) is 0 Å². The molecule has 1 fully saturated rings. The number of benzene rings is 2. The molecule has 0 saturated heterocycles. The van der Waals surface area contributed by atoms with E-state index < -0.39 is 0 Å². The molecule has 0 amide bonds. The molecule has 1 saturated carbocycles. The average molecular weight is 279 g/mol. The zero-order chi connectivity index (χ0) is 14.5. The van der Waals surface area contributed by atoms with Crippen molar-refractivity contribution in [1.82, 2.24) is 5.32 Å². The first kappa shape index (κ1) is 14.3. The summed E-state index contributed by atoms with van der Waals surface area (Å²) in [4.78, 5) is 0. The predicted octanol–water partition coefficient (Wildman–Crippen LogP) is 4.85. The molecule has 1 aliphatic rings. The molecule has 2 atom stereocenters. The van der Waals surface area contributed by atoms with E-state index in [-0.39, 0.29) is 0 Å². The number of nitrogens with one attached hydrogen (secondary N) is 1. The molecule has 1 N–H and O–H groups in total. The van der Waals surface area contributed by atoms with Gasteiger partial charge in [0.2, 0.25) is 0 Å². The zero-order valence-corrected chi connectivity index (χ0v) is 12.9. The summed E-state index contributed by atoms with van der Waals surface area (Å²) >= 11 is 0. The highest BCUT2D eigenvalue weighted by atomic mass is 14.9. The first-order valence-corrected chi connectivity index (χ1v) is 8.24. The smallest absolute Gasteiger partial charge is 0.00147 e. The lowest BCUT2D eigenvalue weighted by atomic mass is 9.70. The maximum absolute atomic E-state index is 3.57. The van der Waals surface area contributed by atoms with Crippen molar-refractivity contribution in [3.63, 3.8) is 0 Å². The van der Waals surface area contributed by atoms with Gasteiger partial charge in [-0.05, 0) is 60.9 Å². The van der Waals surface area contributed by atoms with Crippen molar-refractivity contribution in [2.75, 3.05) is 13.1 Å². The molecule has 0 heterocycles. The third-order valence-corrected chi connectivity index (χ3v) is 4.70. The van der Waals surface area contributed by atoms with Crippen LogP contribution in [0.1, 0.15) is 37.7 Å². The molecule has 110 valence electrons. The summed E-state index contributed by atoms with van der Waals surface area (Å²) in [6.45, 7) is 4.56. The molecular formula is C20H25N. The maximum atomic E-state index is 3.57. The van der Waals surface area contributed by atoms with Crippen LogP contribution in [0.15, 0.2) is 54.6 Å². The summed E-state index contributed by atoms with van der Waals surface area (Å²) in [6.07, 6.45) is 3.95. The Morgan fingerprint density at radius 3 is 2.24 bits per heavy atom. The molecule has 2 unspecified atom stereocenters. The van der Waals surface area contributed by atoms with E-state index in [1.54, 1.807) is 0 Å². The maximum Gasteiger partial charge on any atom is -0.00147 e. The van der Waals surface area contributed by atoms with Gasteiger partial charge in [-0.15, -0.1) is 0 Å². The Morgan fingerprint density at radius 1 is 0.905 bits per heavy atom. The minimum absolute atomic E-state index is 0.763. The Labute approximate surface area is 128 Å². The van der Waals surface area contributed by atoms with Crippen LogP contribution in [0, 0.1) is 5.92 Å². The molecular weight excluding hydrogens is 254 g/mol. The van der Waals surface area contributed by atoms with Gasteiger partial charge in [-0.25, -0.2) is 0 Å². The predicted molar refractivity (Wildman–Crippen MR) is 90.5 cm³/mol. The van der Waals surface area contributed by atoms with Crippen LogP contribution < -0.4 is 5.32 Å². The van der Waals surface area contributed by atoms with Crippen molar-refractivity contribution in [1.29, 1.82) is 0 Å². The topological polar surface area (TPSA) is 12.0 Å². The molecule has 3 rings (SSSR count). The normalized spacial score (nSPS) is 21.0. The minimum atomic E-state index is 0.763. The van der Waals surface area contributed by atoms with Gasteiger partial charge in [0.15, 0.2) is 0 Å². The lowest BCUT2D eigenvalue weighted by molar-refractivity contribution is 0.246. The third kappa shape index (κ3) is 3.36. The Morgan fingerprint density at radius 2 is 1.62 bits per heavy atom. The number of hydrogen-bond acceptors (Lipinski definition) is 1. The summed E-state index contributed by atoms with van der Waals surface area (Å²) in [5.41, 5.74) is 4.14. The lowest BCUT2D eigenvalue weighted by Crippen LogP contribution is -2.34. The van der Waals surface area contributed by atoms with Gasteiger partial charge in [-0.2, -0.15) is 0 Å². The van der Waals surface area contributed by atoms with Crippen molar-refractivity contribution in [2.45, 2.75) is 32.1 Å². The summed E-state index contributed by atoms with van der Waals surface area (Å²) < 4.78 is 0. The van der Waals surface area contributed by atoms with Crippen molar-refractivity contribution in [3.05, 3.63) is 60.2 Å². The van der Waals surface area contributed by atoms with E-state index in [1.807, 2.05) is 0 Å². The minimum Gasteiger partial charge on any atom is -0.316 e. The van der Waals surface area contributed by atoms with Crippen LogP contribution in [0.4, 0.5) is 0 Å². The zero-order valence-electron chi connectivity index (χ0n) is 12.9. The van der Waals surface area contributed by atoms with Gasteiger partial charge < -0.3 is 5.32 Å². The molecule has 2 aromatic carbocycles. The molecule has 0 aliphatic heterocycles. The first-order chi connectivity index (χ1) is 10.4. The van der Waals surface area contributed by atoms with E-state index in [9.17, 15) is 0 Å². The molecule has 1 nitrogen and oxygen atoms in total. The van der Waals surface area contributed by atoms with Crippen LogP contribution in [-0.4, -0.2) is 13.1 Å². The summed E-state index contributed by atoms with van der Waals surface area (Å²) in [5.74, 6) is 1.60. The number of hydrogen-bond donors (Lipinski definition) is 1. The van der Waals surface area contributed by atoms with Crippen LogP contribution in [0.2, 0.25) is 0 Å². The van der Waals surface area contributed by atoms with E-state index >= 15 is 0 Å².